The van der Waals surface area contributed by atoms with Crippen LogP contribution in [0.4, 0.5) is 0 Å². The van der Waals surface area contributed by atoms with Gasteiger partial charge in [0.25, 0.3) is 0 Å². The number of aromatic amines is 1. The van der Waals surface area contributed by atoms with E-state index >= 15 is 0 Å². The highest BCUT2D eigenvalue weighted by Crippen LogP contribution is 2.50. The molecule has 2 heterocycles. The van der Waals surface area contributed by atoms with Gasteiger partial charge in [-0.25, -0.2) is 0 Å². The van der Waals surface area contributed by atoms with Gasteiger partial charge in [0.15, 0.2) is 0 Å². The van der Waals surface area contributed by atoms with Crippen molar-refractivity contribution in [3.05, 3.63) is 29.8 Å². The van der Waals surface area contributed by atoms with E-state index < -0.39 is 0 Å². The van der Waals surface area contributed by atoms with E-state index in [0.717, 1.165) is 31.5 Å². The Balaban J connectivity index is 1.40. The highest BCUT2D eigenvalue weighted by Gasteiger charge is 2.48. The normalized spacial score (nSPS) is 24.5. The SMILES string of the molecule is CCC1(CC)CCN(C(=O)[C@@H]2C[C@H]2c2ccc(-c3nn[nH]n3)cc2)C1. The molecule has 2 aromatic rings. The van der Waals surface area contributed by atoms with Gasteiger partial charge in [0.2, 0.25) is 11.7 Å². The molecule has 1 N–H and O–H groups in total. The van der Waals surface area contributed by atoms with Gasteiger partial charge >= 0.3 is 0 Å². The monoisotopic (exact) mass is 339 g/mol. The molecule has 2 aliphatic rings. The summed E-state index contributed by atoms with van der Waals surface area (Å²) in [7, 11) is 0. The van der Waals surface area contributed by atoms with Crippen molar-refractivity contribution in [1.29, 1.82) is 0 Å². The Kier molecular flexibility index (Phi) is 4.06. The lowest BCUT2D eigenvalue weighted by Gasteiger charge is -2.26. The first kappa shape index (κ1) is 16.2. The zero-order valence-corrected chi connectivity index (χ0v) is 14.9. The van der Waals surface area contributed by atoms with Crippen molar-refractivity contribution in [2.45, 2.75) is 45.4 Å². The van der Waals surface area contributed by atoms with Crippen molar-refractivity contribution in [1.82, 2.24) is 25.5 Å². The van der Waals surface area contributed by atoms with Crippen LogP contribution in [-0.2, 0) is 4.79 Å². The van der Waals surface area contributed by atoms with Crippen LogP contribution in [0.1, 0.15) is 51.0 Å². The Morgan fingerprint density at radius 3 is 2.64 bits per heavy atom. The standard InChI is InChI=1S/C19H25N5O/c1-3-19(4-2)9-10-24(12-19)18(25)16-11-15(16)13-5-7-14(8-6-13)17-20-22-23-21-17/h5-8,15-16H,3-4,9-12H2,1-2H3,(H,20,21,22,23)/t15-,16+/m0/s1. The van der Waals surface area contributed by atoms with E-state index in [4.69, 9.17) is 0 Å². The summed E-state index contributed by atoms with van der Waals surface area (Å²) in [5.74, 6) is 1.49. The molecular weight excluding hydrogens is 314 g/mol. The summed E-state index contributed by atoms with van der Waals surface area (Å²) < 4.78 is 0. The van der Waals surface area contributed by atoms with E-state index in [1.54, 1.807) is 0 Å². The van der Waals surface area contributed by atoms with Gasteiger partial charge in [-0.15, -0.1) is 10.2 Å². The number of nitrogens with one attached hydrogen (secondary N) is 1. The highest BCUT2D eigenvalue weighted by atomic mass is 16.2. The van der Waals surface area contributed by atoms with E-state index in [1.807, 2.05) is 12.1 Å². The molecule has 132 valence electrons. The van der Waals surface area contributed by atoms with Crippen LogP contribution < -0.4 is 0 Å². The lowest BCUT2D eigenvalue weighted by Crippen LogP contribution is -2.33. The molecular formula is C19H25N5O. The fraction of sp³-hybridized carbons (Fsp3) is 0.579. The first-order valence-electron chi connectivity index (χ1n) is 9.28. The van der Waals surface area contributed by atoms with Crippen molar-refractivity contribution in [3.8, 4) is 11.4 Å². The van der Waals surface area contributed by atoms with E-state index in [1.165, 1.54) is 18.4 Å². The maximum atomic E-state index is 12.9. The third-order valence-electron chi connectivity index (χ3n) is 6.30. The van der Waals surface area contributed by atoms with Gasteiger partial charge in [-0.1, -0.05) is 38.1 Å². The number of amides is 1. The van der Waals surface area contributed by atoms with Crippen LogP contribution in [0.25, 0.3) is 11.4 Å². The Hall–Kier alpha value is -2.24. The first-order chi connectivity index (χ1) is 12.2. The van der Waals surface area contributed by atoms with Crippen LogP contribution in [0.2, 0.25) is 0 Å². The molecule has 4 rings (SSSR count). The van der Waals surface area contributed by atoms with Gasteiger partial charge in [0.1, 0.15) is 0 Å². The fourth-order valence-electron chi connectivity index (χ4n) is 4.18. The Bertz CT molecular complexity index is 736. The zero-order chi connectivity index (χ0) is 17.4. The van der Waals surface area contributed by atoms with E-state index in [2.05, 4.69) is 51.5 Å². The van der Waals surface area contributed by atoms with Gasteiger partial charge in [-0.3, -0.25) is 4.79 Å². The van der Waals surface area contributed by atoms with Gasteiger partial charge in [-0.05, 0) is 47.8 Å². The first-order valence-corrected chi connectivity index (χ1v) is 9.28. The number of hydrogen-bond acceptors (Lipinski definition) is 4. The summed E-state index contributed by atoms with van der Waals surface area (Å²) in [5.41, 5.74) is 2.53. The van der Waals surface area contributed by atoms with E-state index in [-0.39, 0.29) is 5.92 Å². The number of hydrogen-bond donors (Lipinski definition) is 1. The zero-order valence-electron chi connectivity index (χ0n) is 14.9. The number of benzene rings is 1. The average molecular weight is 339 g/mol. The predicted octanol–water partition coefficient (Wildman–Crippen LogP) is 3.01. The second kappa shape index (κ2) is 6.24. The number of rotatable bonds is 5. The van der Waals surface area contributed by atoms with Crippen molar-refractivity contribution in [2.75, 3.05) is 13.1 Å². The number of tetrazole rings is 1. The number of likely N-dealkylation sites (tertiary alicyclic amines) is 1. The number of carbonyl (C=O) groups excluding carboxylic acids is 1. The van der Waals surface area contributed by atoms with Crippen LogP contribution in [0, 0.1) is 11.3 Å². The van der Waals surface area contributed by atoms with Crippen molar-refractivity contribution >= 4 is 5.91 Å². The predicted molar refractivity (Wildman–Crippen MR) is 94.7 cm³/mol. The summed E-state index contributed by atoms with van der Waals surface area (Å²) in [4.78, 5) is 15.0. The van der Waals surface area contributed by atoms with Crippen LogP contribution in [-0.4, -0.2) is 44.5 Å². The molecule has 1 aliphatic heterocycles. The Morgan fingerprint density at radius 1 is 1.28 bits per heavy atom. The highest BCUT2D eigenvalue weighted by molar-refractivity contribution is 5.83. The Labute approximate surface area is 148 Å². The quantitative estimate of drug-likeness (QED) is 0.908. The molecule has 0 bridgehead atoms. The lowest BCUT2D eigenvalue weighted by atomic mass is 9.82. The second-order valence-corrected chi connectivity index (χ2v) is 7.52. The van der Waals surface area contributed by atoms with Crippen LogP contribution in [0.3, 0.4) is 0 Å². The summed E-state index contributed by atoms with van der Waals surface area (Å²) >= 11 is 0. The summed E-state index contributed by atoms with van der Waals surface area (Å²) in [6.45, 7) is 6.38. The molecule has 6 nitrogen and oxygen atoms in total. The van der Waals surface area contributed by atoms with Crippen LogP contribution >= 0.6 is 0 Å². The molecule has 1 amide bonds. The molecule has 0 unspecified atom stereocenters. The van der Waals surface area contributed by atoms with Gasteiger partial charge in [0, 0.05) is 24.6 Å². The van der Waals surface area contributed by atoms with Crippen molar-refractivity contribution < 1.29 is 4.79 Å². The minimum absolute atomic E-state index is 0.167. The fourth-order valence-corrected chi connectivity index (χ4v) is 4.18. The van der Waals surface area contributed by atoms with Gasteiger partial charge in [-0.2, -0.15) is 5.21 Å². The molecule has 1 aromatic heterocycles. The number of H-pyrrole nitrogens is 1. The number of carbonyl (C=O) groups is 1. The second-order valence-electron chi connectivity index (χ2n) is 7.52. The average Bonchev–Trinajstić information content (AvgIpc) is 3.08. The van der Waals surface area contributed by atoms with Crippen molar-refractivity contribution in [2.24, 2.45) is 11.3 Å². The molecule has 1 aliphatic carbocycles. The van der Waals surface area contributed by atoms with Crippen LogP contribution in [0.5, 0.6) is 0 Å². The lowest BCUT2D eigenvalue weighted by molar-refractivity contribution is -0.132. The number of nitrogens with zero attached hydrogens (tertiary/aromatic N) is 4. The van der Waals surface area contributed by atoms with E-state index in [0.29, 0.717) is 23.1 Å². The smallest absolute Gasteiger partial charge is 0.226 e. The molecule has 1 aromatic carbocycles. The van der Waals surface area contributed by atoms with Crippen molar-refractivity contribution in [3.63, 3.8) is 0 Å². The third-order valence-corrected chi connectivity index (χ3v) is 6.30. The third kappa shape index (κ3) is 2.94. The molecule has 6 heteroatoms. The topological polar surface area (TPSA) is 74.8 Å². The summed E-state index contributed by atoms with van der Waals surface area (Å²) in [6, 6.07) is 8.20. The maximum absolute atomic E-state index is 12.9. The molecule has 1 saturated carbocycles. The van der Waals surface area contributed by atoms with Gasteiger partial charge in [0.05, 0.1) is 0 Å². The largest absolute Gasteiger partial charge is 0.342 e. The molecule has 1 saturated heterocycles. The van der Waals surface area contributed by atoms with Gasteiger partial charge < -0.3 is 4.90 Å². The molecule has 2 fully saturated rings. The summed E-state index contributed by atoms with van der Waals surface area (Å²) in [5, 5.41) is 14.0. The Morgan fingerprint density at radius 2 is 2.04 bits per heavy atom. The van der Waals surface area contributed by atoms with Crippen LogP contribution in [0.15, 0.2) is 24.3 Å². The molecule has 25 heavy (non-hydrogen) atoms. The molecule has 0 spiro atoms. The minimum Gasteiger partial charge on any atom is -0.342 e. The number of aromatic nitrogens is 4. The molecule has 2 atom stereocenters. The summed E-state index contributed by atoms with van der Waals surface area (Å²) in [6.07, 6.45) is 4.46. The maximum Gasteiger partial charge on any atom is 0.226 e. The molecule has 0 radical (unpaired) electrons. The van der Waals surface area contributed by atoms with E-state index in [9.17, 15) is 4.79 Å². The minimum atomic E-state index is 0.167.